The Morgan fingerprint density at radius 1 is 0.900 bits per heavy atom. The maximum absolute atomic E-state index is 12.1. The molecule has 3 nitrogen and oxygen atoms in total. The van der Waals surface area contributed by atoms with Gasteiger partial charge < -0.3 is 8.85 Å². The van der Waals surface area contributed by atoms with Crippen molar-refractivity contribution in [2.24, 2.45) is 0 Å². The van der Waals surface area contributed by atoms with Crippen LogP contribution in [-0.2, 0) is 13.6 Å². The zero-order chi connectivity index (χ0) is 23.8. The van der Waals surface area contributed by atoms with Crippen LogP contribution in [0.1, 0.15) is 93.9 Å². The fourth-order valence-electron chi connectivity index (χ4n) is 2.67. The van der Waals surface area contributed by atoms with E-state index in [9.17, 15) is 4.79 Å². The van der Waals surface area contributed by atoms with E-state index in [4.69, 9.17) is 8.85 Å². The summed E-state index contributed by atoms with van der Waals surface area (Å²) >= 11 is 0. The van der Waals surface area contributed by atoms with Gasteiger partial charge in [-0.3, -0.25) is 4.79 Å². The number of unbranched alkanes of at least 4 members (excludes halogenated alkanes) is 1. The third-order valence-electron chi connectivity index (χ3n) is 6.82. The van der Waals surface area contributed by atoms with Crippen LogP contribution in [0, 0.1) is 11.8 Å². The standard InChI is InChI=1S/C25H50O3Si2/c1-13-23(28-30(11,12)25(6,7)8)20-15-14-18-22(26)19-16-17-21(2)27-29(9,10)24(3,4)5/h21,23H,13-15,17-18,20H2,1-12H3. The fraction of sp³-hybridized carbons (Fsp3) is 0.880. The molecule has 0 saturated carbocycles. The molecule has 0 heterocycles. The van der Waals surface area contributed by atoms with Crippen molar-refractivity contribution >= 4 is 22.4 Å². The van der Waals surface area contributed by atoms with E-state index in [0.717, 1.165) is 25.7 Å². The number of rotatable bonds is 11. The summed E-state index contributed by atoms with van der Waals surface area (Å²) in [6.45, 7) is 26.9. The second-order valence-electron chi connectivity index (χ2n) is 11.8. The Morgan fingerprint density at radius 2 is 1.40 bits per heavy atom. The Balaban J connectivity index is 4.34. The summed E-state index contributed by atoms with van der Waals surface area (Å²) in [5.41, 5.74) is 0. The first-order valence-corrected chi connectivity index (χ1v) is 17.6. The van der Waals surface area contributed by atoms with Gasteiger partial charge in [0.05, 0.1) is 6.10 Å². The Bertz CT molecular complexity index is 586. The van der Waals surface area contributed by atoms with Crippen LogP contribution in [0.15, 0.2) is 0 Å². The van der Waals surface area contributed by atoms with E-state index in [1.54, 1.807) is 0 Å². The van der Waals surface area contributed by atoms with Crippen LogP contribution in [-0.4, -0.2) is 34.6 Å². The highest BCUT2D eigenvalue weighted by Crippen LogP contribution is 2.38. The van der Waals surface area contributed by atoms with Gasteiger partial charge in [-0.1, -0.05) is 60.8 Å². The number of carbonyl (C=O) groups excluding carboxylic acids is 1. The van der Waals surface area contributed by atoms with E-state index in [-0.39, 0.29) is 22.0 Å². The zero-order valence-electron chi connectivity index (χ0n) is 22.1. The molecule has 0 amide bonds. The molecule has 0 fully saturated rings. The Labute approximate surface area is 190 Å². The predicted molar refractivity (Wildman–Crippen MR) is 136 cm³/mol. The van der Waals surface area contributed by atoms with Gasteiger partial charge in [0.25, 0.3) is 0 Å². The lowest BCUT2D eigenvalue weighted by atomic mass is 10.1. The van der Waals surface area contributed by atoms with Crippen LogP contribution in [0.4, 0.5) is 0 Å². The molecule has 0 aliphatic heterocycles. The van der Waals surface area contributed by atoms with E-state index in [0.29, 0.717) is 18.9 Å². The molecule has 0 N–H and O–H groups in total. The smallest absolute Gasteiger partial charge is 0.205 e. The van der Waals surface area contributed by atoms with Gasteiger partial charge >= 0.3 is 0 Å². The fourth-order valence-corrected chi connectivity index (χ4v) is 5.59. The highest BCUT2D eigenvalue weighted by molar-refractivity contribution is 6.74. The average molecular weight is 455 g/mol. The first-order chi connectivity index (χ1) is 13.4. The quantitative estimate of drug-likeness (QED) is 0.139. The summed E-state index contributed by atoms with van der Waals surface area (Å²) in [5.74, 6) is 5.92. The van der Waals surface area contributed by atoms with Crippen LogP contribution < -0.4 is 0 Å². The molecule has 0 bridgehead atoms. The van der Waals surface area contributed by atoms with Gasteiger partial charge in [0.2, 0.25) is 5.78 Å². The molecule has 0 aromatic heterocycles. The molecule has 0 aromatic rings. The number of ketones is 1. The molecule has 0 aliphatic carbocycles. The van der Waals surface area contributed by atoms with Crippen molar-refractivity contribution < 1.29 is 13.6 Å². The lowest BCUT2D eigenvalue weighted by Gasteiger charge is -2.39. The van der Waals surface area contributed by atoms with E-state index < -0.39 is 16.6 Å². The lowest BCUT2D eigenvalue weighted by molar-refractivity contribution is -0.113. The topological polar surface area (TPSA) is 35.5 Å². The molecule has 0 aliphatic rings. The third kappa shape index (κ3) is 10.7. The first-order valence-electron chi connectivity index (χ1n) is 11.8. The molecule has 2 unspecified atom stereocenters. The van der Waals surface area contributed by atoms with E-state index in [1.807, 2.05) is 0 Å². The van der Waals surface area contributed by atoms with Gasteiger partial charge in [-0.05, 0) is 68.4 Å². The van der Waals surface area contributed by atoms with Gasteiger partial charge in [0.1, 0.15) is 0 Å². The van der Waals surface area contributed by atoms with Crippen molar-refractivity contribution in [2.75, 3.05) is 0 Å². The SMILES string of the molecule is CCC(CCCCC(=O)C#CCC(C)O[Si](C)(C)C(C)(C)C)O[Si](C)(C)C(C)(C)C. The van der Waals surface area contributed by atoms with Crippen molar-refractivity contribution in [3.8, 4) is 11.8 Å². The minimum absolute atomic E-state index is 0.0490. The summed E-state index contributed by atoms with van der Waals surface area (Å²) in [4.78, 5) is 12.1. The number of hydrogen-bond acceptors (Lipinski definition) is 3. The van der Waals surface area contributed by atoms with Crippen LogP contribution >= 0.6 is 0 Å². The maximum Gasteiger partial charge on any atom is 0.205 e. The molecule has 0 aromatic carbocycles. The molecule has 5 heteroatoms. The number of hydrogen-bond donors (Lipinski definition) is 0. The van der Waals surface area contributed by atoms with E-state index in [2.05, 4.69) is 93.4 Å². The average Bonchev–Trinajstić information content (AvgIpc) is 2.54. The molecular weight excluding hydrogens is 404 g/mol. The summed E-state index contributed by atoms with van der Waals surface area (Å²) in [6, 6.07) is 0. The third-order valence-corrected chi connectivity index (χ3v) is 16.0. The van der Waals surface area contributed by atoms with Crippen molar-refractivity contribution in [2.45, 2.75) is 142 Å². The summed E-state index contributed by atoms with van der Waals surface area (Å²) in [5, 5.41) is 0.423. The molecular formula is C25H50O3Si2. The predicted octanol–water partition coefficient (Wildman–Crippen LogP) is 7.72. The molecule has 0 saturated heterocycles. The summed E-state index contributed by atoms with van der Waals surface area (Å²) < 4.78 is 12.8. The Hall–Kier alpha value is -0.416. The monoisotopic (exact) mass is 454 g/mol. The van der Waals surface area contributed by atoms with Gasteiger partial charge in [-0.2, -0.15) is 0 Å². The highest BCUT2D eigenvalue weighted by atomic mass is 28.4. The van der Waals surface area contributed by atoms with Gasteiger partial charge in [0.15, 0.2) is 16.6 Å². The van der Waals surface area contributed by atoms with Crippen LogP contribution in [0.25, 0.3) is 0 Å². The minimum atomic E-state index is -1.78. The van der Waals surface area contributed by atoms with Crippen molar-refractivity contribution in [1.82, 2.24) is 0 Å². The summed E-state index contributed by atoms with van der Waals surface area (Å²) in [7, 11) is -3.50. The van der Waals surface area contributed by atoms with Gasteiger partial charge in [-0.15, -0.1) is 0 Å². The Kier molecular flexibility index (Phi) is 11.8. The maximum atomic E-state index is 12.1. The Morgan fingerprint density at radius 3 is 1.87 bits per heavy atom. The van der Waals surface area contributed by atoms with Crippen LogP contribution in [0.5, 0.6) is 0 Å². The molecule has 0 spiro atoms. The van der Waals surface area contributed by atoms with E-state index >= 15 is 0 Å². The number of carbonyl (C=O) groups is 1. The first kappa shape index (κ1) is 29.6. The van der Waals surface area contributed by atoms with Crippen molar-refractivity contribution in [1.29, 1.82) is 0 Å². The zero-order valence-corrected chi connectivity index (χ0v) is 24.1. The normalized spacial score (nSPS) is 15.3. The second kappa shape index (κ2) is 12.0. The number of Topliss-reactive ketones (excluding diaryl/α,β-unsaturated/α-hetero) is 1. The van der Waals surface area contributed by atoms with E-state index in [1.165, 1.54) is 0 Å². The summed E-state index contributed by atoms with van der Waals surface area (Å²) in [6.07, 6.45) is 5.52. The molecule has 176 valence electrons. The molecule has 0 rings (SSSR count). The minimum Gasteiger partial charge on any atom is -0.414 e. The largest absolute Gasteiger partial charge is 0.414 e. The van der Waals surface area contributed by atoms with Crippen LogP contribution in [0.2, 0.25) is 36.3 Å². The van der Waals surface area contributed by atoms with Crippen LogP contribution in [0.3, 0.4) is 0 Å². The highest BCUT2D eigenvalue weighted by Gasteiger charge is 2.39. The second-order valence-corrected chi connectivity index (χ2v) is 21.3. The van der Waals surface area contributed by atoms with Crippen molar-refractivity contribution in [3.05, 3.63) is 0 Å². The molecule has 30 heavy (non-hydrogen) atoms. The van der Waals surface area contributed by atoms with Gasteiger partial charge in [-0.25, -0.2) is 0 Å². The van der Waals surface area contributed by atoms with Crippen molar-refractivity contribution in [3.63, 3.8) is 0 Å². The lowest BCUT2D eigenvalue weighted by Crippen LogP contribution is -2.43. The molecule has 0 radical (unpaired) electrons. The molecule has 2 atom stereocenters. The van der Waals surface area contributed by atoms with Gasteiger partial charge in [0, 0.05) is 18.9 Å².